The van der Waals surface area contributed by atoms with Crippen molar-refractivity contribution in [3.63, 3.8) is 0 Å². The van der Waals surface area contributed by atoms with Crippen LogP contribution in [0.3, 0.4) is 0 Å². The van der Waals surface area contributed by atoms with Crippen LogP contribution in [0.25, 0.3) is 10.4 Å². The number of nitrogens with one attached hydrogen (secondary N) is 1. The van der Waals surface area contributed by atoms with E-state index < -0.39 is 64.8 Å². The largest absolute Gasteiger partial charge is 0.491 e. The van der Waals surface area contributed by atoms with Crippen molar-refractivity contribution in [2.24, 2.45) is 5.92 Å². The first-order valence-electron chi connectivity index (χ1n) is 24.8. The van der Waals surface area contributed by atoms with Gasteiger partial charge in [0.15, 0.2) is 0 Å². The van der Waals surface area contributed by atoms with Crippen molar-refractivity contribution in [3.05, 3.63) is 118 Å². The molecule has 6 amide bonds. The van der Waals surface area contributed by atoms with Crippen LogP contribution >= 0.6 is 11.3 Å². The van der Waals surface area contributed by atoms with Crippen LogP contribution < -0.4 is 24.6 Å². The van der Waals surface area contributed by atoms with Crippen LogP contribution in [0.4, 0.5) is 35.0 Å². The van der Waals surface area contributed by atoms with Crippen molar-refractivity contribution in [1.29, 1.82) is 5.26 Å². The molecule has 17 nitrogen and oxygen atoms in total. The average Bonchev–Trinajstić information content (AvgIpc) is 4.14. The molecule has 5 aromatic rings. The number of aliphatic hydroxyl groups is 1. The van der Waals surface area contributed by atoms with Crippen molar-refractivity contribution < 1.29 is 61.2 Å². The zero-order chi connectivity index (χ0) is 54.5. The van der Waals surface area contributed by atoms with Crippen molar-refractivity contribution >= 4 is 58.1 Å². The lowest BCUT2D eigenvalue weighted by Gasteiger charge is -2.35. The van der Waals surface area contributed by atoms with Crippen LogP contribution in [0.2, 0.25) is 0 Å². The molecule has 0 saturated carbocycles. The summed E-state index contributed by atoms with van der Waals surface area (Å²) in [6.45, 7) is 10.8. The maximum atomic E-state index is 14.3. The van der Waals surface area contributed by atoms with Gasteiger partial charge in [-0.1, -0.05) is 38.1 Å². The van der Waals surface area contributed by atoms with E-state index in [0.29, 0.717) is 72.1 Å². The molecule has 2 saturated heterocycles. The third-order valence-electron chi connectivity index (χ3n) is 13.4. The molecule has 400 valence electrons. The Bertz CT molecular complexity index is 3010. The molecule has 3 atom stereocenters. The number of nitrogens with zero attached hydrogens (tertiary/aromatic N) is 6. The van der Waals surface area contributed by atoms with Gasteiger partial charge in [-0.2, -0.15) is 18.4 Å². The first-order valence-corrected chi connectivity index (χ1v) is 25.7. The van der Waals surface area contributed by atoms with Crippen molar-refractivity contribution in [3.8, 4) is 28.0 Å². The summed E-state index contributed by atoms with van der Waals surface area (Å²) in [5.41, 5.74) is 1.91. The number of ether oxygens (including phenoxy) is 4. The number of hydrogen-bond donors (Lipinski definition) is 2. The number of aryl methyl sites for hydroxylation is 1. The van der Waals surface area contributed by atoms with Crippen LogP contribution in [-0.2, 0) is 36.6 Å². The molecule has 3 aliphatic heterocycles. The second kappa shape index (κ2) is 23.2. The molecular formula is C55H58F3N7O10S. The Morgan fingerprint density at radius 1 is 0.908 bits per heavy atom. The number of alkyl halides is 3. The lowest BCUT2D eigenvalue weighted by atomic mass is 10.0. The van der Waals surface area contributed by atoms with Crippen LogP contribution in [0.1, 0.15) is 79.7 Å². The SMILES string of the molecule is Cc1ncsc1-c1ccc(NC(=O)[C@@H]2C[C@@H](O)CN2C(=O)[C@H](C(C)C)N2Cc3ccccc3C2=O)c(OCCCOCCCOCCOc2ccc(N3C(=O)N(c4ccc(C#N)c(C(F)(F)F)c4)C(=O)C3(C)C)cc2)c1. The van der Waals surface area contributed by atoms with E-state index in [-0.39, 0.29) is 56.8 Å². The third kappa shape index (κ3) is 11.7. The quantitative estimate of drug-likeness (QED) is 0.0524. The van der Waals surface area contributed by atoms with Gasteiger partial charge in [0.1, 0.15) is 35.7 Å². The molecule has 0 radical (unpaired) electrons. The zero-order valence-corrected chi connectivity index (χ0v) is 43.4. The Kier molecular flexibility index (Phi) is 16.8. The molecule has 1 aromatic heterocycles. The number of likely N-dealkylation sites (tertiary alicyclic amines) is 1. The Balaban J connectivity index is 0.776. The number of aliphatic hydroxyl groups excluding tert-OH is 1. The van der Waals surface area contributed by atoms with Gasteiger partial charge in [0, 0.05) is 57.0 Å². The number of halogens is 3. The van der Waals surface area contributed by atoms with Crippen LogP contribution in [0.15, 0.2) is 90.4 Å². The number of β-amino-alcohol motifs (C(OH)–C–C–N with tert-alkyl or cyclic N) is 1. The highest BCUT2D eigenvalue weighted by Crippen LogP contribution is 2.41. The van der Waals surface area contributed by atoms with Crippen molar-refractivity contribution in [1.82, 2.24) is 14.8 Å². The van der Waals surface area contributed by atoms with E-state index in [9.17, 15) is 47.5 Å². The molecular weight excluding hydrogens is 1010 g/mol. The van der Waals surface area contributed by atoms with Crippen LogP contribution in [0, 0.1) is 24.2 Å². The molecule has 2 fully saturated rings. The number of imide groups is 1. The number of rotatable bonds is 21. The number of thiazole rings is 1. The lowest BCUT2D eigenvalue weighted by Crippen LogP contribution is -2.54. The van der Waals surface area contributed by atoms with Crippen LogP contribution in [-0.4, -0.2) is 119 Å². The summed E-state index contributed by atoms with van der Waals surface area (Å²) in [6.07, 6.45) is -4.65. The van der Waals surface area contributed by atoms with E-state index in [2.05, 4.69) is 10.3 Å². The number of aromatic nitrogens is 1. The first-order chi connectivity index (χ1) is 36.3. The van der Waals surface area contributed by atoms with Gasteiger partial charge in [0.25, 0.3) is 11.8 Å². The molecule has 0 unspecified atom stereocenters. The number of carbonyl (C=O) groups is 5. The predicted octanol–water partition coefficient (Wildman–Crippen LogP) is 8.61. The second-order valence-corrected chi connectivity index (χ2v) is 20.3. The minimum atomic E-state index is -4.88. The normalized spacial score (nSPS) is 17.6. The molecule has 4 aromatic carbocycles. The Labute approximate surface area is 441 Å². The van der Waals surface area contributed by atoms with E-state index in [4.69, 9.17) is 18.9 Å². The smallest absolute Gasteiger partial charge is 0.417 e. The highest BCUT2D eigenvalue weighted by Gasteiger charge is 2.53. The fourth-order valence-corrected chi connectivity index (χ4v) is 10.4. The van der Waals surface area contributed by atoms with E-state index >= 15 is 0 Å². The number of amides is 6. The molecule has 4 heterocycles. The summed E-state index contributed by atoms with van der Waals surface area (Å²) in [7, 11) is 0. The Morgan fingerprint density at radius 3 is 2.28 bits per heavy atom. The van der Waals surface area contributed by atoms with Crippen molar-refractivity contribution in [2.45, 2.75) is 90.3 Å². The minimum absolute atomic E-state index is 0.0286. The summed E-state index contributed by atoms with van der Waals surface area (Å²) in [6, 6.07) is 20.5. The number of hydrogen-bond acceptors (Lipinski definition) is 13. The van der Waals surface area contributed by atoms with E-state index in [1.807, 2.05) is 45.0 Å². The molecule has 21 heteroatoms. The molecule has 0 spiro atoms. The summed E-state index contributed by atoms with van der Waals surface area (Å²) in [5, 5.41) is 23.0. The average molecular weight is 1070 g/mol. The second-order valence-electron chi connectivity index (χ2n) is 19.4. The Morgan fingerprint density at radius 2 is 1.61 bits per heavy atom. The minimum Gasteiger partial charge on any atom is -0.491 e. The fraction of sp³-hybridized carbons (Fsp3) is 0.400. The Hall–Kier alpha value is -7.38. The summed E-state index contributed by atoms with van der Waals surface area (Å²) >= 11 is 1.48. The van der Waals surface area contributed by atoms with Gasteiger partial charge in [0.2, 0.25) is 11.8 Å². The monoisotopic (exact) mass is 1070 g/mol. The van der Waals surface area contributed by atoms with Crippen molar-refractivity contribution in [2.75, 3.05) is 61.3 Å². The summed E-state index contributed by atoms with van der Waals surface area (Å²) < 4.78 is 64.7. The highest BCUT2D eigenvalue weighted by atomic mass is 32.1. The van der Waals surface area contributed by atoms with Crippen LogP contribution in [0.5, 0.6) is 11.5 Å². The molecule has 76 heavy (non-hydrogen) atoms. The predicted molar refractivity (Wildman–Crippen MR) is 276 cm³/mol. The maximum absolute atomic E-state index is 14.3. The van der Waals surface area contributed by atoms with Gasteiger partial charge in [-0.3, -0.25) is 24.1 Å². The highest BCUT2D eigenvalue weighted by molar-refractivity contribution is 7.13. The number of anilines is 3. The van der Waals surface area contributed by atoms with Gasteiger partial charge in [0.05, 0.1) is 64.0 Å². The van der Waals surface area contributed by atoms with Gasteiger partial charge in [-0.15, -0.1) is 11.3 Å². The number of benzene rings is 4. The van der Waals surface area contributed by atoms with Gasteiger partial charge in [-0.25, -0.2) is 14.7 Å². The number of carbonyl (C=O) groups excluding carboxylic acids is 5. The molecule has 8 rings (SSSR count). The molecule has 0 aliphatic carbocycles. The first kappa shape index (κ1) is 54.9. The molecule has 3 aliphatic rings. The number of nitriles is 1. The van der Waals surface area contributed by atoms with E-state index in [1.165, 1.54) is 41.1 Å². The topological polar surface area (TPSA) is 204 Å². The third-order valence-corrected chi connectivity index (χ3v) is 14.4. The standard InChI is InChI=1S/C55H58F3N7O10S/c1-33(2)47(63-30-37-10-6-7-11-42(37)50(63)68)51(69)62-31-40(66)28-45(62)49(67)61-44-19-13-35(48-34(3)60-32-76-48)26-46(44)75-23-9-22-72-20-8-21-73-24-25-74-41-17-15-38(16-18-41)65-53(71)64(52(70)54(65,4)5)39-14-12-36(29-59)43(27-39)55(56,57)58/h6-7,10-19,26-27,32-33,40,45,47,66H,8-9,20-25,28,30-31H2,1-5H3,(H,61,67)/t40-,45+,47+/m1/s1. The van der Waals surface area contributed by atoms with Gasteiger partial charge < -0.3 is 39.2 Å². The van der Waals surface area contributed by atoms with E-state index in [0.717, 1.165) is 33.8 Å². The molecule has 0 bridgehead atoms. The van der Waals surface area contributed by atoms with E-state index in [1.54, 1.807) is 52.9 Å². The fourth-order valence-electron chi connectivity index (χ4n) is 9.62. The van der Waals surface area contributed by atoms with Gasteiger partial charge >= 0.3 is 12.2 Å². The number of urea groups is 1. The summed E-state index contributed by atoms with van der Waals surface area (Å²) in [4.78, 5) is 79.1. The zero-order valence-electron chi connectivity index (χ0n) is 42.6. The van der Waals surface area contributed by atoms with Gasteiger partial charge in [-0.05, 0) is 105 Å². The maximum Gasteiger partial charge on any atom is 0.417 e. The molecule has 2 N–H and O–H groups in total. The lowest BCUT2D eigenvalue weighted by molar-refractivity contribution is -0.142. The summed E-state index contributed by atoms with van der Waals surface area (Å²) in [5.74, 6) is -1.27. The number of fused-ring (bicyclic) bond motifs is 1.